The van der Waals surface area contributed by atoms with Crippen LogP contribution in [-0.2, 0) is 0 Å². The number of rotatable bonds is 4. The zero-order valence-corrected chi connectivity index (χ0v) is 16.7. The third kappa shape index (κ3) is 4.59. The molecule has 0 bridgehead atoms. The summed E-state index contributed by atoms with van der Waals surface area (Å²) in [5.41, 5.74) is 0.899. The summed E-state index contributed by atoms with van der Waals surface area (Å²) in [5.74, 6) is 0.352. The van der Waals surface area contributed by atoms with E-state index in [0.717, 1.165) is 5.56 Å². The first-order valence-corrected chi connectivity index (χ1v) is 12.2. The SMILES string of the molecule is C[I-]c1ccc(I)c([I+]/C=C/c2ccccc2O)c1. The van der Waals surface area contributed by atoms with Gasteiger partial charge in [0.2, 0.25) is 0 Å². The molecule has 4 heteroatoms. The van der Waals surface area contributed by atoms with Crippen molar-refractivity contribution >= 4 is 28.7 Å². The van der Waals surface area contributed by atoms with E-state index in [9.17, 15) is 5.11 Å². The first-order valence-electron chi connectivity index (χ1n) is 5.57. The van der Waals surface area contributed by atoms with Crippen LogP contribution in [0.4, 0.5) is 0 Å². The fourth-order valence-corrected chi connectivity index (χ4v) is 6.30. The second-order valence-electron chi connectivity index (χ2n) is 3.71. The quantitative estimate of drug-likeness (QED) is 0.244. The zero-order valence-electron chi connectivity index (χ0n) is 10.3. The van der Waals surface area contributed by atoms with Gasteiger partial charge in [-0.1, -0.05) is 0 Å². The zero-order chi connectivity index (χ0) is 13.7. The summed E-state index contributed by atoms with van der Waals surface area (Å²) in [6.07, 6.45) is 2.03. The van der Waals surface area contributed by atoms with Crippen LogP contribution in [0.15, 0.2) is 46.5 Å². The molecule has 100 valence electrons. The third-order valence-corrected chi connectivity index (χ3v) is 8.63. The predicted octanol–water partition coefficient (Wildman–Crippen LogP) is -2.19. The Bertz CT molecular complexity index is 594. The van der Waals surface area contributed by atoms with Gasteiger partial charge in [-0.05, 0) is 0 Å². The molecule has 0 aliphatic heterocycles. The Morgan fingerprint density at radius 1 is 1.21 bits per heavy atom. The van der Waals surface area contributed by atoms with Gasteiger partial charge in [0.15, 0.2) is 0 Å². The van der Waals surface area contributed by atoms with E-state index in [1.165, 1.54) is 10.7 Å². The van der Waals surface area contributed by atoms with Crippen LogP contribution in [0.5, 0.6) is 5.75 Å². The summed E-state index contributed by atoms with van der Waals surface area (Å²) in [5, 5.41) is 9.71. The van der Waals surface area contributed by atoms with Gasteiger partial charge in [-0.3, -0.25) is 0 Å². The first kappa shape index (κ1) is 15.6. The van der Waals surface area contributed by atoms with Crippen molar-refractivity contribution in [2.24, 2.45) is 0 Å². The van der Waals surface area contributed by atoms with Gasteiger partial charge in [-0.2, -0.15) is 0 Å². The molecule has 0 spiro atoms. The number of hydrogen-bond acceptors (Lipinski definition) is 1. The molecule has 1 N–H and O–H groups in total. The second-order valence-corrected chi connectivity index (χ2v) is 9.70. The van der Waals surface area contributed by atoms with Gasteiger partial charge < -0.3 is 0 Å². The van der Waals surface area contributed by atoms with Crippen LogP contribution < -0.4 is 42.4 Å². The molecule has 2 aromatic carbocycles. The summed E-state index contributed by atoms with van der Waals surface area (Å²) >= 11 is 2.44. The Morgan fingerprint density at radius 2 is 2.00 bits per heavy atom. The van der Waals surface area contributed by atoms with Crippen molar-refractivity contribution in [3.63, 3.8) is 0 Å². The number of phenolic OH excluding ortho intramolecular Hbond substituents is 1. The maximum atomic E-state index is 9.71. The fraction of sp³-hybridized carbons (Fsp3) is 0.0667. The summed E-state index contributed by atoms with van der Waals surface area (Å²) in [4.78, 5) is 2.29. The summed E-state index contributed by atoms with van der Waals surface area (Å²) in [6, 6.07) is 14.3. The van der Waals surface area contributed by atoms with Gasteiger partial charge in [0.1, 0.15) is 0 Å². The number of alkyl halides is 1. The summed E-state index contributed by atoms with van der Waals surface area (Å²) < 4.78 is 6.56. The molecular formula is C15H13I3O. The average molecular weight is 590 g/mol. The Kier molecular flexibility index (Phi) is 6.40. The molecule has 0 aromatic heterocycles. The fourth-order valence-electron chi connectivity index (χ4n) is 1.47. The molecule has 0 atom stereocenters. The van der Waals surface area contributed by atoms with Crippen LogP contribution in [0.1, 0.15) is 5.56 Å². The number of para-hydroxylation sites is 1. The van der Waals surface area contributed by atoms with Gasteiger partial charge in [-0.25, -0.2) is 0 Å². The normalized spacial score (nSPS) is 11.3. The molecule has 19 heavy (non-hydrogen) atoms. The van der Waals surface area contributed by atoms with Crippen molar-refractivity contribution in [3.05, 3.63) is 62.8 Å². The minimum atomic E-state index is -0.138. The van der Waals surface area contributed by atoms with E-state index >= 15 is 0 Å². The topological polar surface area (TPSA) is 20.2 Å². The second kappa shape index (κ2) is 7.82. The molecule has 0 amide bonds. The summed E-state index contributed by atoms with van der Waals surface area (Å²) in [7, 11) is 0. The van der Waals surface area contributed by atoms with Crippen molar-refractivity contribution in [2.45, 2.75) is 0 Å². The molecule has 0 saturated carbocycles. The predicted molar refractivity (Wildman–Crippen MR) is 79.6 cm³/mol. The molecule has 0 saturated heterocycles. The van der Waals surface area contributed by atoms with E-state index in [1.807, 2.05) is 24.3 Å². The number of phenols is 1. The van der Waals surface area contributed by atoms with E-state index in [4.69, 9.17) is 0 Å². The van der Waals surface area contributed by atoms with E-state index in [2.05, 4.69) is 49.8 Å². The standard InChI is InChI=1S/C15H13I3O/c1-17-12-6-7-13(16)14(10-12)18-9-8-11-4-2-3-5-15(11)19/h2-10,19H,1H3/b9-8+. The van der Waals surface area contributed by atoms with Crippen molar-refractivity contribution in [2.75, 3.05) is 4.93 Å². The van der Waals surface area contributed by atoms with Gasteiger partial charge in [0.05, 0.1) is 0 Å². The molecule has 0 aliphatic carbocycles. The monoisotopic (exact) mass is 590 g/mol. The van der Waals surface area contributed by atoms with Crippen molar-refractivity contribution in [1.29, 1.82) is 0 Å². The maximum absolute atomic E-state index is 9.71. The third-order valence-electron chi connectivity index (χ3n) is 2.46. The Morgan fingerprint density at radius 3 is 2.74 bits per heavy atom. The van der Waals surface area contributed by atoms with E-state index in [0.29, 0.717) is 5.75 Å². The number of benzene rings is 2. The molecule has 2 aromatic rings. The van der Waals surface area contributed by atoms with Crippen molar-refractivity contribution in [3.8, 4) is 5.75 Å². The molecule has 2 rings (SSSR count). The van der Waals surface area contributed by atoms with Crippen LogP contribution >= 0.6 is 22.6 Å². The van der Waals surface area contributed by atoms with Gasteiger partial charge in [0, 0.05) is 0 Å². The Hall–Kier alpha value is 0.170. The van der Waals surface area contributed by atoms with Crippen LogP contribution in [-0.4, -0.2) is 10.0 Å². The van der Waals surface area contributed by atoms with Crippen molar-refractivity contribution in [1.82, 2.24) is 0 Å². The van der Waals surface area contributed by atoms with Crippen LogP contribution in [0.3, 0.4) is 0 Å². The molecule has 0 heterocycles. The van der Waals surface area contributed by atoms with Crippen LogP contribution in [0, 0.1) is 10.7 Å². The molecule has 1 nitrogen and oxygen atoms in total. The molecule has 0 aliphatic rings. The molecule has 0 radical (unpaired) electrons. The van der Waals surface area contributed by atoms with Gasteiger partial charge >= 0.3 is 150 Å². The van der Waals surface area contributed by atoms with Gasteiger partial charge in [0.25, 0.3) is 0 Å². The average Bonchev–Trinajstić information content (AvgIpc) is 2.43. The van der Waals surface area contributed by atoms with E-state index in [1.54, 1.807) is 6.07 Å². The van der Waals surface area contributed by atoms with E-state index in [-0.39, 0.29) is 42.4 Å². The number of aromatic hydroxyl groups is 1. The van der Waals surface area contributed by atoms with Crippen molar-refractivity contribution < 1.29 is 47.5 Å². The first-order chi connectivity index (χ1) is 9.20. The Balaban J connectivity index is 2.12. The number of halogens is 3. The Labute approximate surface area is 148 Å². The van der Waals surface area contributed by atoms with Crippen LogP contribution in [0.25, 0.3) is 6.08 Å². The molecule has 0 fully saturated rings. The number of hydrogen-bond donors (Lipinski definition) is 1. The minimum absolute atomic E-state index is 0.138. The van der Waals surface area contributed by atoms with E-state index < -0.39 is 0 Å². The summed E-state index contributed by atoms with van der Waals surface area (Å²) in [6.45, 7) is 0. The van der Waals surface area contributed by atoms with Gasteiger partial charge in [-0.15, -0.1) is 0 Å². The molecule has 0 unspecified atom stereocenters. The molecular weight excluding hydrogens is 577 g/mol. The van der Waals surface area contributed by atoms with Crippen LogP contribution in [0.2, 0.25) is 0 Å².